The van der Waals surface area contributed by atoms with Gasteiger partial charge < -0.3 is 10.5 Å². The standard InChI is InChI=1S/C13H11FN4OS/c1-19-11-3-2-8(4-10(11)14)7-20-13-17-6-9(5-15)12(16)18-13/h2-4,6H,7H2,1H3,(H2,16,17,18). The lowest BCUT2D eigenvalue weighted by Gasteiger charge is -2.05. The number of hydrogen-bond donors (Lipinski definition) is 1. The van der Waals surface area contributed by atoms with Crippen LogP contribution in [0.1, 0.15) is 11.1 Å². The Morgan fingerprint density at radius 3 is 2.90 bits per heavy atom. The zero-order valence-electron chi connectivity index (χ0n) is 10.6. The van der Waals surface area contributed by atoms with Gasteiger partial charge >= 0.3 is 0 Å². The molecule has 0 aliphatic carbocycles. The predicted molar refractivity (Wildman–Crippen MR) is 73.7 cm³/mol. The van der Waals surface area contributed by atoms with Crippen molar-refractivity contribution in [3.8, 4) is 11.8 Å². The summed E-state index contributed by atoms with van der Waals surface area (Å²) in [5, 5.41) is 9.17. The summed E-state index contributed by atoms with van der Waals surface area (Å²) in [6, 6.07) is 6.63. The molecule has 2 rings (SSSR count). The lowest BCUT2D eigenvalue weighted by atomic mass is 10.2. The van der Waals surface area contributed by atoms with E-state index in [-0.39, 0.29) is 17.1 Å². The number of nitrogens with two attached hydrogens (primary N) is 1. The number of nitrogen functional groups attached to an aromatic ring is 1. The topological polar surface area (TPSA) is 84.8 Å². The third kappa shape index (κ3) is 3.16. The van der Waals surface area contributed by atoms with Crippen LogP contribution in [-0.4, -0.2) is 17.1 Å². The molecule has 20 heavy (non-hydrogen) atoms. The average molecular weight is 290 g/mol. The van der Waals surface area contributed by atoms with Gasteiger partial charge in [0.1, 0.15) is 17.5 Å². The summed E-state index contributed by atoms with van der Waals surface area (Å²) in [6.07, 6.45) is 1.37. The maximum Gasteiger partial charge on any atom is 0.189 e. The Morgan fingerprint density at radius 2 is 2.30 bits per heavy atom. The quantitative estimate of drug-likeness (QED) is 0.687. The van der Waals surface area contributed by atoms with E-state index in [9.17, 15) is 4.39 Å². The Kier molecular flexibility index (Phi) is 4.38. The van der Waals surface area contributed by atoms with Gasteiger partial charge in [-0.1, -0.05) is 17.8 Å². The van der Waals surface area contributed by atoms with Crippen molar-refractivity contribution >= 4 is 17.6 Å². The van der Waals surface area contributed by atoms with Crippen LogP contribution >= 0.6 is 11.8 Å². The lowest BCUT2D eigenvalue weighted by Crippen LogP contribution is -1.98. The van der Waals surface area contributed by atoms with Crippen LogP contribution in [-0.2, 0) is 5.75 Å². The minimum atomic E-state index is -0.411. The van der Waals surface area contributed by atoms with Crippen LogP contribution in [0.25, 0.3) is 0 Å². The van der Waals surface area contributed by atoms with Crippen LogP contribution in [0.2, 0.25) is 0 Å². The van der Waals surface area contributed by atoms with Crippen molar-refractivity contribution in [3.05, 3.63) is 41.3 Å². The Labute approximate surface area is 119 Å². The van der Waals surface area contributed by atoms with Crippen molar-refractivity contribution < 1.29 is 9.13 Å². The summed E-state index contributed by atoms with van der Waals surface area (Å²) in [5.74, 6) is 0.432. The fraction of sp³-hybridized carbons (Fsp3) is 0.154. The molecule has 0 unspecified atom stereocenters. The summed E-state index contributed by atoms with van der Waals surface area (Å²) in [4.78, 5) is 8.02. The van der Waals surface area contributed by atoms with Crippen molar-refractivity contribution in [2.45, 2.75) is 10.9 Å². The summed E-state index contributed by atoms with van der Waals surface area (Å²) < 4.78 is 18.4. The molecular formula is C13H11FN4OS. The summed E-state index contributed by atoms with van der Waals surface area (Å²) in [5.41, 5.74) is 6.62. The number of nitrogens with zero attached hydrogens (tertiary/aromatic N) is 3. The van der Waals surface area contributed by atoms with Gasteiger partial charge in [0.05, 0.1) is 13.3 Å². The largest absolute Gasteiger partial charge is 0.494 e. The molecule has 2 N–H and O–H groups in total. The van der Waals surface area contributed by atoms with E-state index in [0.717, 1.165) is 5.56 Å². The summed E-state index contributed by atoms with van der Waals surface area (Å²) in [6.45, 7) is 0. The smallest absolute Gasteiger partial charge is 0.189 e. The molecule has 0 amide bonds. The van der Waals surface area contributed by atoms with Gasteiger partial charge in [-0.25, -0.2) is 14.4 Å². The zero-order valence-corrected chi connectivity index (χ0v) is 11.4. The number of aromatic nitrogens is 2. The normalized spacial score (nSPS) is 10.1. The molecule has 1 aromatic carbocycles. The summed E-state index contributed by atoms with van der Waals surface area (Å²) in [7, 11) is 1.42. The van der Waals surface area contributed by atoms with Crippen molar-refractivity contribution in [3.63, 3.8) is 0 Å². The van der Waals surface area contributed by atoms with E-state index in [0.29, 0.717) is 10.9 Å². The minimum Gasteiger partial charge on any atom is -0.494 e. The SMILES string of the molecule is COc1ccc(CSc2ncc(C#N)c(N)n2)cc1F. The molecule has 5 nitrogen and oxygen atoms in total. The molecule has 0 aliphatic rings. The molecule has 2 aromatic rings. The number of anilines is 1. The maximum absolute atomic E-state index is 13.5. The molecule has 1 heterocycles. The molecule has 0 spiro atoms. The first-order chi connectivity index (χ1) is 9.63. The molecule has 0 aliphatic heterocycles. The molecule has 0 bridgehead atoms. The van der Waals surface area contributed by atoms with Gasteiger partial charge in [0.25, 0.3) is 0 Å². The maximum atomic E-state index is 13.5. The molecule has 0 fully saturated rings. The number of halogens is 1. The molecular weight excluding hydrogens is 279 g/mol. The number of thioether (sulfide) groups is 1. The first-order valence-corrected chi connectivity index (χ1v) is 6.60. The minimum absolute atomic E-state index is 0.144. The molecule has 0 radical (unpaired) electrons. The third-order valence-corrected chi connectivity index (χ3v) is 3.43. The van der Waals surface area contributed by atoms with E-state index >= 15 is 0 Å². The first-order valence-electron chi connectivity index (χ1n) is 5.62. The second-order valence-corrected chi connectivity index (χ2v) is 4.76. The van der Waals surface area contributed by atoms with E-state index in [1.165, 1.54) is 31.1 Å². The number of ether oxygens (including phenoxy) is 1. The van der Waals surface area contributed by atoms with E-state index < -0.39 is 5.82 Å². The summed E-state index contributed by atoms with van der Waals surface area (Å²) >= 11 is 1.31. The Balaban J connectivity index is 2.07. The van der Waals surface area contributed by atoms with Crippen LogP contribution in [0.4, 0.5) is 10.2 Å². The zero-order chi connectivity index (χ0) is 14.5. The third-order valence-electron chi connectivity index (χ3n) is 2.50. The van der Waals surface area contributed by atoms with Gasteiger partial charge in [0, 0.05) is 5.75 Å². The molecule has 102 valence electrons. The number of nitriles is 1. The highest BCUT2D eigenvalue weighted by Crippen LogP contribution is 2.24. The van der Waals surface area contributed by atoms with Crippen LogP contribution in [0, 0.1) is 17.1 Å². The van der Waals surface area contributed by atoms with Crippen LogP contribution in [0.3, 0.4) is 0 Å². The van der Waals surface area contributed by atoms with Crippen molar-refractivity contribution in [2.75, 3.05) is 12.8 Å². The first kappa shape index (κ1) is 14.1. The highest BCUT2D eigenvalue weighted by molar-refractivity contribution is 7.98. The Morgan fingerprint density at radius 1 is 1.50 bits per heavy atom. The Bertz CT molecular complexity index is 672. The van der Waals surface area contributed by atoms with Gasteiger partial charge in [-0.3, -0.25) is 0 Å². The molecule has 0 saturated carbocycles. The van der Waals surface area contributed by atoms with E-state index in [4.69, 9.17) is 15.7 Å². The predicted octanol–water partition coefficient (Wildman–Crippen LogP) is 2.37. The monoisotopic (exact) mass is 290 g/mol. The Hall–Kier alpha value is -2.33. The van der Waals surface area contributed by atoms with E-state index in [1.807, 2.05) is 6.07 Å². The van der Waals surface area contributed by atoms with E-state index in [1.54, 1.807) is 12.1 Å². The van der Waals surface area contributed by atoms with Gasteiger partial charge in [0.15, 0.2) is 16.7 Å². The van der Waals surface area contributed by atoms with Crippen LogP contribution in [0.15, 0.2) is 29.6 Å². The second-order valence-electron chi connectivity index (χ2n) is 3.82. The van der Waals surface area contributed by atoms with Crippen molar-refractivity contribution in [2.24, 2.45) is 0 Å². The lowest BCUT2D eigenvalue weighted by molar-refractivity contribution is 0.386. The highest BCUT2D eigenvalue weighted by atomic mass is 32.2. The highest BCUT2D eigenvalue weighted by Gasteiger charge is 2.07. The fourth-order valence-electron chi connectivity index (χ4n) is 1.48. The second kappa shape index (κ2) is 6.21. The van der Waals surface area contributed by atoms with Gasteiger partial charge in [-0.15, -0.1) is 0 Å². The average Bonchev–Trinajstić information content (AvgIpc) is 2.45. The van der Waals surface area contributed by atoms with Crippen LogP contribution < -0.4 is 10.5 Å². The van der Waals surface area contributed by atoms with Crippen molar-refractivity contribution in [1.29, 1.82) is 5.26 Å². The molecule has 1 aromatic heterocycles. The van der Waals surface area contributed by atoms with Gasteiger partial charge in [-0.2, -0.15) is 5.26 Å². The van der Waals surface area contributed by atoms with Crippen LogP contribution in [0.5, 0.6) is 5.75 Å². The molecule has 0 saturated heterocycles. The number of methoxy groups -OCH3 is 1. The van der Waals surface area contributed by atoms with Gasteiger partial charge in [-0.05, 0) is 17.7 Å². The van der Waals surface area contributed by atoms with Gasteiger partial charge in [0.2, 0.25) is 0 Å². The fourth-order valence-corrected chi connectivity index (χ4v) is 2.25. The number of benzene rings is 1. The van der Waals surface area contributed by atoms with E-state index in [2.05, 4.69) is 9.97 Å². The molecule has 7 heteroatoms. The molecule has 0 atom stereocenters. The van der Waals surface area contributed by atoms with Crippen molar-refractivity contribution in [1.82, 2.24) is 9.97 Å². The number of hydrogen-bond acceptors (Lipinski definition) is 6. The number of rotatable bonds is 4.